The van der Waals surface area contributed by atoms with E-state index in [0.29, 0.717) is 0 Å². The van der Waals surface area contributed by atoms with Crippen LogP contribution >= 0.6 is 11.8 Å². The Balaban J connectivity index is 0.000000461. The van der Waals surface area contributed by atoms with Gasteiger partial charge >= 0.3 is 0 Å². The van der Waals surface area contributed by atoms with Crippen molar-refractivity contribution in [3.05, 3.63) is 54.1 Å². The fourth-order valence-electron chi connectivity index (χ4n) is 1.85. The highest BCUT2D eigenvalue weighted by Gasteiger charge is 2.13. The molecule has 1 nitrogen and oxygen atoms in total. The molecule has 0 spiro atoms. The van der Waals surface area contributed by atoms with Gasteiger partial charge in [0.2, 0.25) is 0 Å². The number of hydrogen-bond acceptors (Lipinski definition) is 2. The van der Waals surface area contributed by atoms with Crippen molar-refractivity contribution in [2.24, 2.45) is 4.99 Å². The van der Waals surface area contributed by atoms with E-state index in [1.807, 2.05) is 33.8 Å². The van der Waals surface area contributed by atoms with Crippen molar-refractivity contribution in [3.8, 4) is 0 Å². The van der Waals surface area contributed by atoms with E-state index in [0.717, 1.165) is 11.4 Å². The third-order valence-electron chi connectivity index (χ3n) is 2.65. The first-order chi connectivity index (χ1) is 9.84. The average Bonchev–Trinajstić information content (AvgIpc) is 2.67. The molecule has 0 amide bonds. The zero-order valence-corrected chi connectivity index (χ0v) is 13.8. The van der Waals surface area contributed by atoms with Crippen molar-refractivity contribution in [2.45, 2.75) is 44.4 Å². The Labute approximate surface area is 127 Å². The molecule has 3 rings (SSSR count). The second-order valence-corrected chi connectivity index (χ2v) is 4.85. The first kappa shape index (κ1) is 16.5. The molecule has 0 saturated heterocycles. The monoisotopic (exact) mass is 285 g/mol. The molecule has 0 aliphatic carbocycles. The van der Waals surface area contributed by atoms with Gasteiger partial charge in [0.05, 0.1) is 5.69 Å². The summed E-state index contributed by atoms with van der Waals surface area (Å²) in [5.41, 5.74) is 3.40. The maximum atomic E-state index is 4.68. The normalized spacial score (nSPS) is 11.3. The van der Waals surface area contributed by atoms with E-state index in [4.69, 9.17) is 0 Å². The van der Waals surface area contributed by atoms with Gasteiger partial charge in [-0.15, -0.1) is 0 Å². The summed E-state index contributed by atoms with van der Waals surface area (Å²) in [6.45, 7) is 10.1. The van der Waals surface area contributed by atoms with Crippen molar-refractivity contribution in [1.29, 1.82) is 0 Å². The van der Waals surface area contributed by atoms with Crippen LogP contribution in [0, 0.1) is 0 Å². The third-order valence-corrected chi connectivity index (χ3v) is 3.79. The zero-order chi connectivity index (χ0) is 15.0. The Hall–Kier alpha value is -1.54. The molecule has 1 heterocycles. The van der Waals surface area contributed by atoms with Crippen molar-refractivity contribution >= 4 is 23.2 Å². The van der Waals surface area contributed by atoms with Gasteiger partial charge in [0, 0.05) is 21.1 Å². The number of fused-ring (bicyclic) bond motifs is 2. The van der Waals surface area contributed by atoms with Crippen LogP contribution < -0.4 is 0 Å². The van der Waals surface area contributed by atoms with Gasteiger partial charge in [0.25, 0.3) is 0 Å². The summed E-state index contributed by atoms with van der Waals surface area (Å²) in [6.07, 6.45) is 0. The molecule has 2 heteroatoms. The fraction of sp³-hybridized carbons (Fsp3) is 0.278. The van der Waals surface area contributed by atoms with E-state index in [1.54, 1.807) is 11.8 Å². The van der Waals surface area contributed by atoms with Crippen LogP contribution in [0.15, 0.2) is 63.3 Å². The maximum Gasteiger partial charge on any atom is 0.0772 e. The molecule has 0 radical (unpaired) electrons. The molecule has 0 saturated carbocycles. The van der Waals surface area contributed by atoms with Crippen LogP contribution in [-0.4, -0.2) is 5.71 Å². The summed E-state index contributed by atoms with van der Waals surface area (Å²) in [6, 6.07) is 16.7. The standard InChI is InChI=1S/C14H11NS.2C2H6/c1-10-11-6-2-4-8-13(11)16-14-9-5-3-7-12(14)15-10;2*1-2/h2-9H,1H3;2*1-2H3. The highest BCUT2D eigenvalue weighted by Crippen LogP contribution is 2.39. The average molecular weight is 285 g/mol. The smallest absolute Gasteiger partial charge is 0.0772 e. The van der Waals surface area contributed by atoms with Gasteiger partial charge in [-0.05, 0) is 25.1 Å². The molecule has 1 aliphatic rings. The fourth-order valence-corrected chi connectivity index (χ4v) is 2.92. The predicted molar refractivity (Wildman–Crippen MR) is 91.6 cm³/mol. The Kier molecular flexibility index (Phi) is 7.10. The first-order valence-electron chi connectivity index (χ1n) is 7.26. The lowest BCUT2D eigenvalue weighted by molar-refractivity contribution is 1.37. The molecule has 1 aliphatic heterocycles. The minimum atomic E-state index is 1.07. The molecule has 20 heavy (non-hydrogen) atoms. The van der Waals surface area contributed by atoms with Gasteiger partial charge in [-0.1, -0.05) is 69.8 Å². The lowest BCUT2D eigenvalue weighted by Gasteiger charge is -2.04. The molecule has 0 aromatic heterocycles. The number of rotatable bonds is 0. The van der Waals surface area contributed by atoms with Gasteiger partial charge in [-0.25, -0.2) is 0 Å². The molecule has 2 aromatic carbocycles. The van der Waals surface area contributed by atoms with Gasteiger partial charge < -0.3 is 0 Å². The molecule has 106 valence electrons. The van der Waals surface area contributed by atoms with Crippen LogP contribution in [0.5, 0.6) is 0 Å². The summed E-state index contributed by atoms with van der Waals surface area (Å²) in [7, 11) is 0. The summed E-state index contributed by atoms with van der Waals surface area (Å²) < 4.78 is 0. The highest BCUT2D eigenvalue weighted by molar-refractivity contribution is 7.99. The Morgan fingerprint density at radius 2 is 1.30 bits per heavy atom. The van der Waals surface area contributed by atoms with Crippen LogP contribution in [-0.2, 0) is 0 Å². The quantitative estimate of drug-likeness (QED) is 0.549. The Bertz CT molecular complexity index is 573. The second-order valence-electron chi connectivity index (χ2n) is 3.76. The number of hydrogen-bond donors (Lipinski definition) is 0. The lowest BCUT2D eigenvalue weighted by Crippen LogP contribution is -1.94. The summed E-state index contributed by atoms with van der Waals surface area (Å²) in [4.78, 5) is 7.19. The van der Waals surface area contributed by atoms with Crippen LogP contribution in [0.25, 0.3) is 0 Å². The van der Waals surface area contributed by atoms with Crippen molar-refractivity contribution in [1.82, 2.24) is 0 Å². The molecule has 0 unspecified atom stereocenters. The van der Waals surface area contributed by atoms with Crippen molar-refractivity contribution < 1.29 is 0 Å². The number of aliphatic imine (C=N–C) groups is 1. The van der Waals surface area contributed by atoms with E-state index >= 15 is 0 Å². The summed E-state index contributed by atoms with van der Waals surface area (Å²) in [5, 5.41) is 0. The van der Waals surface area contributed by atoms with Gasteiger partial charge in [0.15, 0.2) is 0 Å². The maximum absolute atomic E-state index is 4.68. The van der Waals surface area contributed by atoms with Crippen LogP contribution in [0.1, 0.15) is 40.2 Å². The van der Waals surface area contributed by atoms with Gasteiger partial charge in [-0.2, -0.15) is 0 Å². The zero-order valence-electron chi connectivity index (χ0n) is 13.0. The van der Waals surface area contributed by atoms with Crippen molar-refractivity contribution in [2.75, 3.05) is 0 Å². The third kappa shape index (κ3) is 3.73. The molecular formula is C18H23NS. The molecule has 0 atom stereocenters. The summed E-state index contributed by atoms with van der Waals surface area (Å²) in [5.74, 6) is 0. The molecule has 0 fully saturated rings. The lowest BCUT2D eigenvalue weighted by atomic mass is 10.1. The second kappa shape index (κ2) is 8.60. The number of nitrogens with zero attached hydrogens (tertiary/aromatic N) is 1. The van der Waals surface area contributed by atoms with Crippen LogP contribution in [0.2, 0.25) is 0 Å². The van der Waals surface area contributed by atoms with Crippen LogP contribution in [0.3, 0.4) is 0 Å². The van der Waals surface area contributed by atoms with E-state index in [2.05, 4.69) is 54.4 Å². The molecular weight excluding hydrogens is 262 g/mol. The Morgan fingerprint density at radius 1 is 0.750 bits per heavy atom. The van der Waals surface area contributed by atoms with Crippen molar-refractivity contribution in [3.63, 3.8) is 0 Å². The molecule has 0 N–H and O–H groups in total. The topological polar surface area (TPSA) is 12.4 Å². The van der Waals surface area contributed by atoms with E-state index in [-0.39, 0.29) is 0 Å². The minimum Gasteiger partial charge on any atom is -0.252 e. The highest BCUT2D eigenvalue weighted by atomic mass is 32.2. The van der Waals surface area contributed by atoms with Crippen LogP contribution in [0.4, 0.5) is 5.69 Å². The predicted octanol–water partition coefficient (Wildman–Crippen LogP) is 6.34. The van der Waals surface area contributed by atoms with Gasteiger partial charge in [-0.3, -0.25) is 4.99 Å². The first-order valence-corrected chi connectivity index (χ1v) is 8.08. The van der Waals surface area contributed by atoms with E-state index in [1.165, 1.54) is 15.4 Å². The number of para-hydroxylation sites is 1. The SMILES string of the molecule is CC.CC.CC1=Nc2ccccc2Sc2ccccc21. The minimum absolute atomic E-state index is 1.07. The van der Waals surface area contributed by atoms with Gasteiger partial charge in [0.1, 0.15) is 0 Å². The molecule has 2 aromatic rings. The molecule has 0 bridgehead atoms. The number of benzene rings is 2. The van der Waals surface area contributed by atoms with E-state index < -0.39 is 0 Å². The Morgan fingerprint density at radius 3 is 2.00 bits per heavy atom. The van der Waals surface area contributed by atoms with E-state index in [9.17, 15) is 0 Å². The summed E-state index contributed by atoms with van der Waals surface area (Å²) >= 11 is 1.79. The largest absolute Gasteiger partial charge is 0.252 e.